The number of aromatic nitrogens is 3. The third-order valence-electron chi connectivity index (χ3n) is 3.48. The third-order valence-corrected chi connectivity index (χ3v) is 4.56. The Bertz CT molecular complexity index is 894. The van der Waals surface area contributed by atoms with Gasteiger partial charge in [0.2, 0.25) is 0 Å². The molecule has 6 heteroatoms. The van der Waals surface area contributed by atoms with Crippen molar-refractivity contribution in [1.82, 2.24) is 14.5 Å². The number of hydrogen-bond donors (Lipinski definition) is 0. The molecule has 0 saturated heterocycles. The van der Waals surface area contributed by atoms with Crippen molar-refractivity contribution in [3.05, 3.63) is 35.0 Å². The SMILES string of the molecule is C/C=C/n1cnc2c(sc3nccc(N(C)CC)c32)c1=O. The largest absolute Gasteiger partial charge is 0.374 e. The maximum atomic E-state index is 12.5. The minimum Gasteiger partial charge on any atom is -0.374 e. The second-order valence-corrected chi connectivity index (χ2v) is 5.74. The summed E-state index contributed by atoms with van der Waals surface area (Å²) < 4.78 is 2.15. The van der Waals surface area contributed by atoms with E-state index in [9.17, 15) is 4.79 Å². The first kappa shape index (κ1) is 13.8. The van der Waals surface area contributed by atoms with E-state index in [1.54, 1.807) is 18.7 Å². The summed E-state index contributed by atoms with van der Waals surface area (Å²) in [7, 11) is 2.03. The molecular formula is C15H16N4OS. The second-order valence-electron chi connectivity index (χ2n) is 4.74. The van der Waals surface area contributed by atoms with E-state index in [1.165, 1.54) is 15.9 Å². The van der Waals surface area contributed by atoms with Crippen LogP contribution in [0.25, 0.3) is 26.6 Å². The zero-order chi connectivity index (χ0) is 15.0. The highest BCUT2D eigenvalue weighted by molar-refractivity contribution is 7.25. The lowest BCUT2D eigenvalue weighted by molar-refractivity contribution is 0.972. The van der Waals surface area contributed by atoms with Crippen LogP contribution in [0, 0.1) is 0 Å². The Morgan fingerprint density at radius 1 is 1.43 bits per heavy atom. The first-order chi connectivity index (χ1) is 10.2. The lowest BCUT2D eigenvalue weighted by Gasteiger charge is -2.17. The first-order valence-electron chi connectivity index (χ1n) is 6.79. The number of fused-ring (bicyclic) bond motifs is 3. The Labute approximate surface area is 126 Å². The van der Waals surface area contributed by atoms with Crippen molar-refractivity contribution in [3.63, 3.8) is 0 Å². The maximum Gasteiger partial charge on any atom is 0.275 e. The van der Waals surface area contributed by atoms with Crippen molar-refractivity contribution in [1.29, 1.82) is 0 Å². The van der Waals surface area contributed by atoms with Crippen LogP contribution in [0.5, 0.6) is 0 Å². The standard InChI is InChI=1S/C15H16N4OS/c1-4-8-19-9-17-12-11-10(18(3)5-2)6-7-16-14(11)21-13(12)15(19)20/h4,6-9H,5H2,1-3H3/b8-4+. The van der Waals surface area contributed by atoms with E-state index in [4.69, 9.17) is 0 Å². The molecule has 0 aliphatic heterocycles. The summed E-state index contributed by atoms with van der Waals surface area (Å²) in [5.74, 6) is 0. The van der Waals surface area contributed by atoms with E-state index in [0.717, 1.165) is 28.0 Å². The molecule has 0 bridgehead atoms. The average Bonchev–Trinajstić information content (AvgIpc) is 2.89. The summed E-state index contributed by atoms with van der Waals surface area (Å²) in [5.41, 5.74) is 1.75. The van der Waals surface area contributed by atoms with Gasteiger partial charge >= 0.3 is 0 Å². The maximum absolute atomic E-state index is 12.5. The fourth-order valence-corrected chi connectivity index (χ4v) is 3.36. The molecule has 3 aromatic heterocycles. The summed E-state index contributed by atoms with van der Waals surface area (Å²) in [6.45, 7) is 4.84. The highest BCUT2D eigenvalue weighted by atomic mass is 32.1. The lowest BCUT2D eigenvalue weighted by Crippen LogP contribution is -2.16. The minimum absolute atomic E-state index is 0.0498. The van der Waals surface area contributed by atoms with Gasteiger partial charge in [0.05, 0.1) is 16.6 Å². The van der Waals surface area contributed by atoms with E-state index in [1.807, 2.05) is 26.1 Å². The van der Waals surface area contributed by atoms with Crippen LogP contribution >= 0.6 is 11.3 Å². The molecule has 0 unspecified atom stereocenters. The van der Waals surface area contributed by atoms with Crippen LogP contribution < -0.4 is 10.5 Å². The lowest BCUT2D eigenvalue weighted by atomic mass is 10.2. The van der Waals surface area contributed by atoms with E-state index in [2.05, 4.69) is 21.8 Å². The molecule has 0 aliphatic rings. The molecule has 0 atom stereocenters. The molecule has 108 valence electrons. The zero-order valence-corrected chi connectivity index (χ0v) is 13.0. The van der Waals surface area contributed by atoms with Gasteiger partial charge < -0.3 is 4.90 Å². The van der Waals surface area contributed by atoms with Gasteiger partial charge in [0.25, 0.3) is 5.56 Å². The van der Waals surface area contributed by atoms with E-state index in [0.29, 0.717) is 4.70 Å². The Morgan fingerprint density at radius 3 is 2.95 bits per heavy atom. The number of rotatable bonds is 3. The van der Waals surface area contributed by atoms with Gasteiger partial charge in [-0.1, -0.05) is 6.08 Å². The van der Waals surface area contributed by atoms with Gasteiger partial charge in [0, 0.05) is 26.0 Å². The average molecular weight is 300 g/mol. The number of allylic oxidation sites excluding steroid dienone is 1. The number of thiophene rings is 1. The highest BCUT2D eigenvalue weighted by Gasteiger charge is 2.16. The molecule has 0 saturated carbocycles. The van der Waals surface area contributed by atoms with Crippen LogP contribution in [0.15, 0.2) is 29.5 Å². The van der Waals surface area contributed by atoms with Crippen LogP contribution in [0.4, 0.5) is 5.69 Å². The van der Waals surface area contributed by atoms with Crippen LogP contribution in [0.3, 0.4) is 0 Å². The molecule has 0 aromatic carbocycles. The Kier molecular flexibility index (Phi) is 3.47. The molecule has 0 amide bonds. The summed E-state index contributed by atoms with van der Waals surface area (Å²) in [6.07, 6.45) is 6.88. The molecule has 3 rings (SSSR count). The number of nitrogens with zero attached hydrogens (tertiary/aromatic N) is 4. The van der Waals surface area contributed by atoms with Gasteiger partial charge in [-0.25, -0.2) is 9.97 Å². The monoisotopic (exact) mass is 300 g/mol. The van der Waals surface area contributed by atoms with Crippen molar-refractivity contribution in [2.45, 2.75) is 13.8 Å². The molecule has 3 aromatic rings. The van der Waals surface area contributed by atoms with Crippen LogP contribution in [0.1, 0.15) is 13.8 Å². The molecule has 5 nitrogen and oxygen atoms in total. The summed E-state index contributed by atoms with van der Waals surface area (Å²) in [6, 6.07) is 1.97. The van der Waals surface area contributed by atoms with E-state index in [-0.39, 0.29) is 5.56 Å². The number of anilines is 1. The summed E-state index contributed by atoms with van der Waals surface area (Å²) in [4.78, 5) is 24.3. The molecule has 0 aliphatic carbocycles. The smallest absolute Gasteiger partial charge is 0.275 e. The van der Waals surface area contributed by atoms with Gasteiger partial charge in [-0.05, 0) is 19.9 Å². The second kappa shape index (κ2) is 5.29. The highest BCUT2D eigenvalue weighted by Crippen LogP contribution is 2.35. The Balaban J connectivity index is 2.42. The van der Waals surface area contributed by atoms with Crippen molar-refractivity contribution in [2.24, 2.45) is 0 Å². The van der Waals surface area contributed by atoms with Gasteiger partial charge in [-0.3, -0.25) is 9.36 Å². The topological polar surface area (TPSA) is 51.0 Å². The first-order valence-corrected chi connectivity index (χ1v) is 7.61. The van der Waals surface area contributed by atoms with Crippen LogP contribution in [0.2, 0.25) is 0 Å². The zero-order valence-electron chi connectivity index (χ0n) is 12.2. The molecule has 0 N–H and O–H groups in total. The van der Waals surface area contributed by atoms with Crippen molar-refractivity contribution in [2.75, 3.05) is 18.5 Å². The van der Waals surface area contributed by atoms with Gasteiger partial charge in [0.1, 0.15) is 15.9 Å². The predicted molar refractivity (Wildman–Crippen MR) is 89.1 cm³/mol. The molecule has 21 heavy (non-hydrogen) atoms. The third kappa shape index (κ3) is 2.12. The van der Waals surface area contributed by atoms with Gasteiger partial charge in [-0.2, -0.15) is 0 Å². The number of hydrogen-bond acceptors (Lipinski definition) is 5. The fourth-order valence-electron chi connectivity index (χ4n) is 2.30. The quantitative estimate of drug-likeness (QED) is 0.746. The van der Waals surface area contributed by atoms with Gasteiger partial charge in [-0.15, -0.1) is 11.3 Å². The fraction of sp³-hybridized carbons (Fsp3) is 0.267. The Morgan fingerprint density at radius 2 is 2.24 bits per heavy atom. The van der Waals surface area contributed by atoms with Crippen LogP contribution in [-0.2, 0) is 0 Å². The molecule has 3 heterocycles. The Hall–Kier alpha value is -2.21. The molecule has 0 radical (unpaired) electrons. The van der Waals surface area contributed by atoms with E-state index < -0.39 is 0 Å². The normalized spacial score (nSPS) is 11.8. The molecular weight excluding hydrogens is 284 g/mol. The molecule has 0 fully saturated rings. The van der Waals surface area contributed by atoms with E-state index >= 15 is 0 Å². The van der Waals surface area contributed by atoms with Crippen molar-refractivity contribution < 1.29 is 0 Å². The summed E-state index contributed by atoms with van der Waals surface area (Å²) in [5, 5.41) is 0.964. The molecule has 0 spiro atoms. The predicted octanol–water partition coefficient (Wildman–Crippen LogP) is 2.95. The minimum atomic E-state index is -0.0498. The van der Waals surface area contributed by atoms with Gasteiger partial charge in [0.15, 0.2) is 0 Å². The van der Waals surface area contributed by atoms with Crippen molar-refractivity contribution in [3.8, 4) is 0 Å². The van der Waals surface area contributed by atoms with Crippen LogP contribution in [-0.4, -0.2) is 28.1 Å². The summed E-state index contributed by atoms with van der Waals surface area (Å²) >= 11 is 1.40. The number of pyridine rings is 1. The van der Waals surface area contributed by atoms with Crippen molar-refractivity contribution >= 4 is 43.7 Å².